The van der Waals surface area contributed by atoms with Crippen molar-refractivity contribution in [1.29, 1.82) is 0 Å². The van der Waals surface area contributed by atoms with Crippen molar-refractivity contribution < 1.29 is 9.47 Å². The highest BCUT2D eigenvalue weighted by Crippen LogP contribution is 2.40. The van der Waals surface area contributed by atoms with Crippen LogP contribution < -0.4 is 11.5 Å². The molecule has 0 amide bonds. The van der Waals surface area contributed by atoms with E-state index in [0.29, 0.717) is 0 Å². The quantitative estimate of drug-likeness (QED) is 0.0848. The lowest BCUT2D eigenvalue weighted by Gasteiger charge is -2.47. The van der Waals surface area contributed by atoms with Crippen LogP contribution in [0.1, 0.15) is 176 Å². The molecule has 0 aromatic carbocycles. The summed E-state index contributed by atoms with van der Waals surface area (Å²) in [5, 5.41) is 0. The van der Waals surface area contributed by atoms with Crippen molar-refractivity contribution >= 4 is 0 Å². The minimum atomic E-state index is -1.06. The van der Waals surface area contributed by atoms with E-state index < -0.39 is 5.91 Å². The van der Waals surface area contributed by atoms with Crippen molar-refractivity contribution in [3.05, 3.63) is 0 Å². The van der Waals surface area contributed by atoms with Gasteiger partial charge in [-0.25, -0.2) is 0 Å². The Hall–Kier alpha value is -0.160. The number of ether oxygens (including phenoxy) is 2. The monoisotopic (exact) mass is 513 g/mol. The summed E-state index contributed by atoms with van der Waals surface area (Å²) >= 11 is 0. The molecule has 4 nitrogen and oxygen atoms in total. The molecule has 0 radical (unpaired) electrons. The van der Waals surface area contributed by atoms with E-state index >= 15 is 0 Å². The molecule has 218 valence electrons. The molecule has 2 unspecified atom stereocenters. The Bertz CT molecular complexity index is 441. The molecule has 0 bridgehead atoms. The van der Waals surface area contributed by atoms with E-state index in [1.807, 2.05) is 0 Å². The predicted molar refractivity (Wildman–Crippen MR) is 159 cm³/mol. The van der Waals surface area contributed by atoms with Crippen molar-refractivity contribution in [3.8, 4) is 0 Å². The Morgan fingerprint density at radius 3 is 1.31 bits per heavy atom. The van der Waals surface area contributed by atoms with Gasteiger partial charge < -0.3 is 15.2 Å². The van der Waals surface area contributed by atoms with Crippen molar-refractivity contribution in [3.63, 3.8) is 0 Å². The fourth-order valence-corrected chi connectivity index (χ4v) is 5.07. The third-order valence-corrected chi connectivity index (χ3v) is 7.90. The van der Waals surface area contributed by atoms with Crippen LogP contribution in [-0.4, -0.2) is 24.7 Å². The van der Waals surface area contributed by atoms with E-state index in [0.717, 1.165) is 51.5 Å². The van der Waals surface area contributed by atoms with Gasteiger partial charge in [0, 0.05) is 5.41 Å². The Morgan fingerprint density at radius 2 is 0.917 bits per heavy atom. The highest BCUT2D eigenvalue weighted by molar-refractivity contribution is 4.86. The molecule has 0 aliphatic rings. The predicted octanol–water partition coefficient (Wildman–Crippen LogP) is 9.63. The van der Waals surface area contributed by atoms with Crippen molar-refractivity contribution in [1.82, 2.24) is 0 Å². The van der Waals surface area contributed by atoms with Gasteiger partial charge >= 0.3 is 0 Å². The van der Waals surface area contributed by atoms with Gasteiger partial charge in [-0.15, -0.1) is 0 Å². The number of nitrogens with two attached hydrogens (primary N) is 2. The third-order valence-electron chi connectivity index (χ3n) is 7.90. The molecule has 0 saturated heterocycles. The molecule has 4 N–H and O–H groups in total. The summed E-state index contributed by atoms with van der Waals surface area (Å²) < 4.78 is 13.8. The molecule has 0 aromatic heterocycles. The molecule has 0 rings (SSSR count). The summed E-state index contributed by atoms with van der Waals surface area (Å²) in [5.41, 5.74) is 12.8. The molecule has 4 heteroatoms. The SMILES string of the molecule is CCCCCCCC(CCCC)OC(N)(OC(CCCC)CCCCCCC)C(C)(C)CCCCN. The summed E-state index contributed by atoms with van der Waals surface area (Å²) in [6.07, 6.45) is 25.3. The second-order valence-electron chi connectivity index (χ2n) is 12.0. The van der Waals surface area contributed by atoms with E-state index in [-0.39, 0.29) is 17.6 Å². The second-order valence-corrected chi connectivity index (χ2v) is 12.0. The van der Waals surface area contributed by atoms with Gasteiger partial charge in [0.15, 0.2) is 0 Å². The Labute approximate surface area is 227 Å². The first-order valence-electron chi connectivity index (χ1n) is 16.1. The molecule has 2 atom stereocenters. The van der Waals surface area contributed by atoms with Gasteiger partial charge in [-0.05, 0) is 45.1 Å². The number of hydrogen-bond donors (Lipinski definition) is 2. The summed E-state index contributed by atoms with van der Waals surface area (Å²) in [6, 6.07) is 0. The van der Waals surface area contributed by atoms with Gasteiger partial charge in [-0.3, -0.25) is 5.73 Å². The van der Waals surface area contributed by atoms with Crippen molar-refractivity contribution in [2.75, 3.05) is 6.54 Å². The van der Waals surface area contributed by atoms with E-state index in [1.165, 1.54) is 89.9 Å². The molecule has 36 heavy (non-hydrogen) atoms. The zero-order valence-corrected chi connectivity index (χ0v) is 25.7. The van der Waals surface area contributed by atoms with E-state index in [4.69, 9.17) is 20.9 Å². The molecule has 0 aromatic rings. The third kappa shape index (κ3) is 16.6. The van der Waals surface area contributed by atoms with E-state index in [9.17, 15) is 0 Å². The van der Waals surface area contributed by atoms with Crippen LogP contribution >= 0.6 is 0 Å². The standard InChI is InChI=1S/C32H68N2O2/c1-7-11-15-17-19-25-29(23-13-9-3)35-32(34,31(5,6)27-21-22-28-33)36-30(24-14-10-4)26-20-18-16-12-8-2/h29-30H,7-28,33-34H2,1-6H3. The summed E-state index contributed by atoms with van der Waals surface area (Å²) in [6.45, 7) is 14.3. The van der Waals surface area contributed by atoms with Crippen LogP contribution in [0.5, 0.6) is 0 Å². The van der Waals surface area contributed by atoms with Gasteiger partial charge in [0.25, 0.3) is 0 Å². The molecular formula is C32H68N2O2. The lowest BCUT2D eigenvalue weighted by molar-refractivity contribution is -0.329. The smallest absolute Gasteiger partial charge is 0.230 e. The summed E-state index contributed by atoms with van der Waals surface area (Å²) in [7, 11) is 0. The van der Waals surface area contributed by atoms with Gasteiger partial charge in [0.2, 0.25) is 5.91 Å². The van der Waals surface area contributed by atoms with Gasteiger partial charge in [-0.1, -0.05) is 138 Å². The van der Waals surface area contributed by atoms with E-state index in [1.54, 1.807) is 0 Å². The molecule has 0 heterocycles. The maximum atomic E-state index is 7.23. The topological polar surface area (TPSA) is 70.5 Å². The zero-order chi connectivity index (χ0) is 27.1. The number of unbranched alkanes of at least 4 members (excludes halogenated alkanes) is 11. The van der Waals surface area contributed by atoms with Crippen LogP contribution in [0, 0.1) is 5.41 Å². The molecule has 0 fully saturated rings. The Balaban J connectivity index is 5.58. The lowest BCUT2D eigenvalue weighted by Crippen LogP contribution is -2.60. The van der Waals surface area contributed by atoms with Crippen LogP contribution in [0.3, 0.4) is 0 Å². The first-order chi connectivity index (χ1) is 17.3. The number of hydrogen-bond acceptors (Lipinski definition) is 4. The Kier molecular flexibility index (Phi) is 22.7. The molecule has 0 aliphatic carbocycles. The number of rotatable bonds is 27. The van der Waals surface area contributed by atoms with Gasteiger partial charge in [0.05, 0.1) is 12.2 Å². The Morgan fingerprint density at radius 1 is 0.528 bits per heavy atom. The summed E-state index contributed by atoms with van der Waals surface area (Å²) in [4.78, 5) is 0. The maximum Gasteiger partial charge on any atom is 0.230 e. The fourth-order valence-electron chi connectivity index (χ4n) is 5.07. The largest absolute Gasteiger partial charge is 0.334 e. The average Bonchev–Trinajstić information content (AvgIpc) is 2.85. The zero-order valence-electron chi connectivity index (χ0n) is 25.7. The first kappa shape index (κ1) is 35.8. The lowest BCUT2D eigenvalue weighted by atomic mass is 9.82. The van der Waals surface area contributed by atoms with Crippen LogP contribution in [0.4, 0.5) is 0 Å². The normalized spacial score (nSPS) is 15.7. The average molecular weight is 513 g/mol. The molecule has 0 spiro atoms. The minimum absolute atomic E-state index is 0.168. The van der Waals surface area contributed by atoms with Crippen LogP contribution in [-0.2, 0) is 9.47 Å². The minimum Gasteiger partial charge on any atom is -0.334 e. The fraction of sp³-hybridized carbons (Fsp3) is 1.00. The maximum absolute atomic E-state index is 7.23. The molecule has 0 saturated carbocycles. The highest BCUT2D eigenvalue weighted by atomic mass is 16.7. The summed E-state index contributed by atoms with van der Waals surface area (Å²) in [5.74, 6) is -1.06. The van der Waals surface area contributed by atoms with Crippen molar-refractivity contribution in [2.24, 2.45) is 16.9 Å². The van der Waals surface area contributed by atoms with Gasteiger partial charge in [0.1, 0.15) is 0 Å². The van der Waals surface area contributed by atoms with Gasteiger partial charge in [-0.2, -0.15) is 0 Å². The molecular weight excluding hydrogens is 444 g/mol. The molecule has 0 aliphatic heterocycles. The second kappa shape index (κ2) is 22.8. The van der Waals surface area contributed by atoms with Crippen LogP contribution in [0.15, 0.2) is 0 Å². The highest BCUT2D eigenvalue weighted by Gasteiger charge is 2.47. The first-order valence-corrected chi connectivity index (χ1v) is 16.1. The van der Waals surface area contributed by atoms with E-state index in [2.05, 4.69) is 41.5 Å². The van der Waals surface area contributed by atoms with Crippen molar-refractivity contribution in [2.45, 2.75) is 194 Å². The van der Waals surface area contributed by atoms with Crippen LogP contribution in [0.2, 0.25) is 0 Å². The van der Waals surface area contributed by atoms with Crippen LogP contribution in [0.25, 0.3) is 0 Å².